The van der Waals surface area contributed by atoms with E-state index in [0.29, 0.717) is 0 Å². The maximum absolute atomic E-state index is 6.76. The number of unbranched alkanes of at least 4 members (excludes halogenated alkanes) is 6. The van der Waals surface area contributed by atoms with Crippen LogP contribution in [-0.4, -0.2) is 0 Å². The Kier molecular flexibility index (Phi) is 16.1. The second-order valence-electron chi connectivity index (χ2n) is 20.0. The van der Waals surface area contributed by atoms with Gasteiger partial charge in [-0.15, -0.1) is 0 Å². The van der Waals surface area contributed by atoms with E-state index in [9.17, 15) is 0 Å². The van der Waals surface area contributed by atoms with E-state index in [1.807, 2.05) is 0 Å². The summed E-state index contributed by atoms with van der Waals surface area (Å²) in [7, 11) is 0. The van der Waals surface area contributed by atoms with Crippen molar-refractivity contribution in [3.05, 3.63) is 57.6 Å². The Morgan fingerprint density at radius 3 is 0.878 bits per heavy atom. The summed E-state index contributed by atoms with van der Waals surface area (Å²) in [5.41, 5.74) is 8.33. The van der Waals surface area contributed by atoms with Crippen molar-refractivity contribution in [2.45, 2.75) is 201 Å². The zero-order chi connectivity index (χ0) is 38.0. The first-order chi connectivity index (χ1) is 22.0. The first kappa shape index (κ1) is 45.6. The fourth-order valence-electron chi connectivity index (χ4n) is 7.26. The highest BCUT2D eigenvalue weighted by Gasteiger charge is 2.36. The summed E-state index contributed by atoms with van der Waals surface area (Å²) in [6.45, 7) is 34.7. The molecule has 0 aliphatic heterocycles. The Hall–Kier alpha value is 0.460. The van der Waals surface area contributed by atoms with Gasteiger partial charge in [0.2, 0.25) is 0 Å². The van der Waals surface area contributed by atoms with E-state index in [4.69, 9.17) is 45.0 Å². The van der Waals surface area contributed by atoms with Crippen LogP contribution in [0.5, 0.6) is 0 Å². The van der Waals surface area contributed by atoms with Gasteiger partial charge in [-0.1, -0.05) is 213 Å². The smallest absolute Gasteiger partial charge is 0.0727 e. The van der Waals surface area contributed by atoms with Crippen molar-refractivity contribution in [3.63, 3.8) is 0 Å². The molecule has 0 atom stereocenters. The zero-order valence-electron chi connectivity index (χ0n) is 34.1. The van der Waals surface area contributed by atoms with Crippen molar-refractivity contribution in [1.82, 2.24) is 0 Å². The van der Waals surface area contributed by atoms with Gasteiger partial charge in [0.15, 0.2) is 0 Å². The van der Waals surface area contributed by atoms with E-state index in [0.717, 1.165) is 23.5 Å². The molecule has 2 aromatic carbocycles. The molecular weight excluding hydrogens is 720 g/mol. The largest absolute Gasteiger partial charge is 0.117 e. The maximum Gasteiger partial charge on any atom is 0.117 e. The van der Waals surface area contributed by atoms with Gasteiger partial charge in [0.1, 0.15) is 13.3 Å². The van der Waals surface area contributed by atoms with Crippen LogP contribution in [0, 0.1) is 0 Å². The molecule has 2 rings (SSSR count). The minimum absolute atomic E-state index is 0.00650. The van der Waals surface area contributed by atoms with Gasteiger partial charge in [0.25, 0.3) is 0 Å². The predicted octanol–water partition coefficient (Wildman–Crippen LogP) is 16.5. The lowest BCUT2D eigenvalue weighted by atomic mass is 9.70. The molecule has 6 heteroatoms. The first-order valence-electron chi connectivity index (χ1n) is 18.6. The van der Waals surface area contributed by atoms with Gasteiger partial charge in [-0.3, -0.25) is 0 Å². The third-order valence-corrected chi connectivity index (χ3v) is 14.0. The van der Waals surface area contributed by atoms with E-state index in [-0.39, 0.29) is 32.5 Å². The molecule has 0 radical (unpaired) electrons. The molecule has 0 saturated carbocycles. The maximum atomic E-state index is 6.76. The van der Waals surface area contributed by atoms with Crippen LogP contribution in [0.3, 0.4) is 0 Å². The van der Waals surface area contributed by atoms with Crippen LogP contribution in [0.4, 0.5) is 0 Å². The Balaban J connectivity index is 2.05. The van der Waals surface area contributed by atoms with Crippen molar-refractivity contribution in [1.29, 1.82) is 0 Å². The van der Waals surface area contributed by atoms with Gasteiger partial charge in [-0.2, -0.15) is 0 Å². The first-order valence-corrected chi connectivity index (χ1v) is 24.9. The van der Waals surface area contributed by atoms with E-state index >= 15 is 0 Å². The quantitative estimate of drug-likeness (QED) is 0.132. The molecule has 0 heterocycles. The Bertz CT molecular complexity index is 1270. The van der Waals surface area contributed by atoms with Crippen LogP contribution in [0.2, 0.25) is 0 Å². The molecule has 0 bridgehead atoms. The SMILES string of the molecule is CC(C)(C)c1cc(P(Cl)Cl)c(C(C)(C)CCCCCCCCCC(C)(C)c2c(P(Cl)Cl)cc(C(C)(C)C)cc2C(C)(C)C)c(C(C)(C)C)c1. The van der Waals surface area contributed by atoms with Crippen molar-refractivity contribution in [2.75, 3.05) is 0 Å². The topological polar surface area (TPSA) is 0 Å². The molecule has 0 unspecified atom stereocenters. The number of halogens is 4. The second kappa shape index (κ2) is 17.3. The fraction of sp³-hybridized carbons (Fsp3) is 0.721. The minimum atomic E-state index is -1.25. The Morgan fingerprint density at radius 1 is 0.388 bits per heavy atom. The lowest BCUT2D eigenvalue weighted by Crippen LogP contribution is -2.32. The summed E-state index contributed by atoms with van der Waals surface area (Å²) < 4.78 is 0. The third kappa shape index (κ3) is 12.8. The molecule has 2 aromatic rings. The molecule has 0 aliphatic rings. The molecule has 0 spiro atoms. The molecule has 0 N–H and O–H groups in total. The fourth-order valence-corrected chi connectivity index (χ4v) is 10.5. The number of rotatable bonds is 14. The summed E-state index contributed by atoms with van der Waals surface area (Å²) in [5, 5.41) is 2.31. The van der Waals surface area contributed by atoms with Crippen LogP contribution < -0.4 is 10.6 Å². The molecule has 0 fully saturated rings. The van der Waals surface area contributed by atoms with Gasteiger partial charge >= 0.3 is 0 Å². The molecule has 0 aliphatic carbocycles. The third-order valence-electron chi connectivity index (χ3n) is 10.4. The second-order valence-corrected chi connectivity index (χ2v) is 27.0. The summed E-state index contributed by atoms with van der Waals surface area (Å²) in [4.78, 5) is 0. The van der Waals surface area contributed by atoms with E-state index in [1.54, 1.807) is 0 Å². The number of hydrogen-bond donors (Lipinski definition) is 0. The van der Waals surface area contributed by atoms with Crippen LogP contribution >= 0.6 is 58.2 Å². The van der Waals surface area contributed by atoms with Crippen molar-refractivity contribution in [3.8, 4) is 0 Å². The van der Waals surface area contributed by atoms with Gasteiger partial charge in [-0.05, 0) is 90.8 Å². The van der Waals surface area contributed by atoms with E-state index in [1.165, 1.54) is 78.3 Å². The normalized spacial score (nSPS) is 14.0. The summed E-state index contributed by atoms with van der Waals surface area (Å²) in [6.07, 6.45) is 11.1. The zero-order valence-corrected chi connectivity index (χ0v) is 38.9. The van der Waals surface area contributed by atoms with Crippen LogP contribution in [0.15, 0.2) is 24.3 Å². The van der Waals surface area contributed by atoms with Gasteiger partial charge < -0.3 is 0 Å². The monoisotopic (exact) mass is 788 g/mol. The molecule has 49 heavy (non-hydrogen) atoms. The van der Waals surface area contributed by atoms with Crippen LogP contribution in [-0.2, 0) is 32.5 Å². The standard InChI is InChI=1S/C43H70Cl4P2/c1-38(2,3)30-26-32(40(7,8)9)36(34(28-30)48(44)45)42(13,14)24-22-20-18-17-19-21-23-25-43(15,16)37-33(41(10,11)12)27-31(39(4,5)6)29-35(37)49(46)47/h26-29H,17-25H2,1-16H3. The Labute approximate surface area is 325 Å². The lowest BCUT2D eigenvalue weighted by Gasteiger charge is -2.37. The summed E-state index contributed by atoms with van der Waals surface area (Å²) in [6, 6.07) is 9.47. The molecular formula is C43H70Cl4P2. The summed E-state index contributed by atoms with van der Waals surface area (Å²) in [5.74, 6) is 0. The highest BCUT2D eigenvalue weighted by molar-refractivity contribution is 8.09. The molecule has 0 aromatic heterocycles. The van der Waals surface area contributed by atoms with Crippen LogP contribution in [0.25, 0.3) is 0 Å². The Morgan fingerprint density at radius 2 is 0.653 bits per heavy atom. The predicted molar refractivity (Wildman–Crippen MR) is 232 cm³/mol. The molecule has 0 nitrogen and oxygen atoms in total. The lowest BCUT2D eigenvalue weighted by molar-refractivity contribution is 0.421. The van der Waals surface area contributed by atoms with Crippen molar-refractivity contribution in [2.24, 2.45) is 0 Å². The van der Waals surface area contributed by atoms with Crippen molar-refractivity contribution >= 4 is 68.8 Å². The minimum Gasteiger partial charge on any atom is -0.0727 e. The van der Waals surface area contributed by atoms with E-state index in [2.05, 4.69) is 135 Å². The van der Waals surface area contributed by atoms with E-state index < -0.39 is 13.3 Å². The molecule has 280 valence electrons. The van der Waals surface area contributed by atoms with Gasteiger partial charge in [-0.25, -0.2) is 0 Å². The van der Waals surface area contributed by atoms with Crippen molar-refractivity contribution < 1.29 is 0 Å². The average Bonchev–Trinajstić information content (AvgIpc) is 2.92. The highest BCUT2D eigenvalue weighted by Crippen LogP contribution is 2.52. The number of benzene rings is 2. The van der Waals surface area contributed by atoms with Gasteiger partial charge in [0, 0.05) is 10.6 Å². The van der Waals surface area contributed by atoms with Gasteiger partial charge in [0.05, 0.1) is 0 Å². The molecule has 0 saturated heterocycles. The average molecular weight is 791 g/mol. The molecule has 0 amide bonds. The summed E-state index contributed by atoms with van der Waals surface area (Å²) >= 11 is 27.0. The van der Waals surface area contributed by atoms with Crippen LogP contribution in [0.1, 0.15) is 202 Å². The highest BCUT2D eigenvalue weighted by atomic mass is 35.9. The number of hydrogen-bond acceptors (Lipinski definition) is 0.